The van der Waals surface area contributed by atoms with Crippen LogP contribution in [0.15, 0.2) is 82.5 Å². The molecule has 0 fully saturated rings. The van der Waals surface area contributed by atoms with Gasteiger partial charge in [-0.2, -0.15) is 0 Å². The summed E-state index contributed by atoms with van der Waals surface area (Å²) in [5.74, 6) is 0. The second-order valence-electron chi connectivity index (χ2n) is 5.95. The van der Waals surface area contributed by atoms with Crippen molar-refractivity contribution >= 4 is 39.6 Å². The maximum Gasteiger partial charge on any atom is 0.206 e. The van der Waals surface area contributed by atoms with Crippen molar-refractivity contribution < 1.29 is 0 Å². The van der Waals surface area contributed by atoms with Crippen molar-refractivity contribution in [2.24, 2.45) is 0 Å². The number of rotatable bonds is 8. The summed E-state index contributed by atoms with van der Waals surface area (Å²) < 4.78 is 0.978. The lowest BCUT2D eigenvalue weighted by atomic mass is 10.0. The first-order chi connectivity index (χ1) is 13.4. The van der Waals surface area contributed by atoms with E-state index in [9.17, 15) is 0 Å². The van der Waals surface area contributed by atoms with Gasteiger partial charge in [0.25, 0.3) is 0 Å². The minimum absolute atomic E-state index is 0.208. The van der Waals surface area contributed by atoms with Crippen LogP contribution in [-0.4, -0.2) is 16.7 Å². The predicted octanol–water partition coefficient (Wildman–Crippen LogP) is 6.14. The maximum atomic E-state index is 4.39. The van der Waals surface area contributed by atoms with Crippen LogP contribution in [0.25, 0.3) is 0 Å². The number of aromatic nitrogens is 2. The van der Waals surface area contributed by atoms with Crippen LogP contribution in [0.1, 0.15) is 21.3 Å². The fraction of sp³-hybridized carbons (Fsp3) is 0.143. The number of thioether (sulfide) groups is 1. The van der Waals surface area contributed by atoms with E-state index in [0.29, 0.717) is 0 Å². The first kappa shape index (κ1) is 18.2. The molecule has 0 spiro atoms. The summed E-state index contributed by atoms with van der Waals surface area (Å²) in [6.07, 6.45) is 1.01. The third-order valence-electron chi connectivity index (χ3n) is 4.06. The van der Waals surface area contributed by atoms with Crippen molar-refractivity contribution in [1.29, 1.82) is 0 Å². The van der Waals surface area contributed by atoms with Crippen molar-refractivity contribution in [3.8, 4) is 0 Å². The lowest BCUT2D eigenvalue weighted by molar-refractivity contribution is 0.977. The lowest BCUT2D eigenvalue weighted by Gasteiger charge is -2.15. The fourth-order valence-electron chi connectivity index (χ4n) is 2.76. The zero-order valence-electron chi connectivity index (χ0n) is 14.6. The molecule has 0 bridgehead atoms. The molecule has 0 atom stereocenters. The molecular formula is C21H19N3S3. The number of nitrogens with one attached hydrogen (secondary N) is 1. The summed E-state index contributed by atoms with van der Waals surface area (Å²) in [6, 6.07) is 25.4. The van der Waals surface area contributed by atoms with Gasteiger partial charge in [0.1, 0.15) is 0 Å². The second-order valence-corrected chi connectivity index (χ2v) is 9.31. The van der Waals surface area contributed by atoms with Gasteiger partial charge in [-0.1, -0.05) is 89.8 Å². The Hall–Kier alpha value is -2.15. The molecule has 0 saturated carbocycles. The zero-order valence-corrected chi connectivity index (χ0v) is 17.1. The zero-order chi connectivity index (χ0) is 18.3. The van der Waals surface area contributed by atoms with E-state index in [-0.39, 0.29) is 5.25 Å². The highest BCUT2D eigenvalue weighted by Crippen LogP contribution is 2.41. The molecule has 0 aliphatic rings. The molecule has 0 amide bonds. The molecule has 2 heterocycles. The Labute approximate surface area is 171 Å². The smallest absolute Gasteiger partial charge is 0.206 e. The predicted molar refractivity (Wildman–Crippen MR) is 117 cm³/mol. The Morgan fingerprint density at radius 2 is 1.56 bits per heavy atom. The van der Waals surface area contributed by atoms with Gasteiger partial charge in [-0.3, -0.25) is 0 Å². The van der Waals surface area contributed by atoms with Crippen LogP contribution in [0.4, 0.5) is 5.13 Å². The van der Waals surface area contributed by atoms with Gasteiger partial charge >= 0.3 is 0 Å². The van der Waals surface area contributed by atoms with E-state index >= 15 is 0 Å². The molecule has 0 saturated heterocycles. The Kier molecular flexibility index (Phi) is 6.19. The SMILES string of the molecule is c1ccc(C(Sc2nnc(NCCc3cccs3)s2)c2ccccc2)cc1. The van der Waals surface area contributed by atoms with Gasteiger partial charge in [0, 0.05) is 11.4 Å². The first-order valence-corrected chi connectivity index (χ1v) is 11.3. The van der Waals surface area contributed by atoms with Crippen LogP contribution in [0.5, 0.6) is 0 Å². The summed E-state index contributed by atoms with van der Waals surface area (Å²) in [5.41, 5.74) is 2.55. The normalized spacial score (nSPS) is 11.0. The van der Waals surface area contributed by atoms with Gasteiger partial charge in [0.05, 0.1) is 5.25 Å². The molecule has 136 valence electrons. The van der Waals surface area contributed by atoms with Crippen LogP contribution < -0.4 is 5.32 Å². The number of anilines is 1. The molecule has 27 heavy (non-hydrogen) atoms. The molecule has 2 aromatic carbocycles. The molecule has 0 unspecified atom stereocenters. The van der Waals surface area contributed by atoms with E-state index < -0.39 is 0 Å². The van der Waals surface area contributed by atoms with Crippen molar-refractivity contribution in [3.05, 3.63) is 94.2 Å². The lowest BCUT2D eigenvalue weighted by Crippen LogP contribution is -2.03. The fourth-order valence-corrected chi connectivity index (χ4v) is 5.57. The maximum absolute atomic E-state index is 4.39. The van der Waals surface area contributed by atoms with Gasteiger partial charge in [-0.15, -0.1) is 21.5 Å². The van der Waals surface area contributed by atoms with Crippen LogP contribution in [0, 0.1) is 0 Å². The van der Waals surface area contributed by atoms with E-state index in [2.05, 4.69) is 93.7 Å². The summed E-state index contributed by atoms with van der Waals surface area (Å²) in [7, 11) is 0. The quantitative estimate of drug-likeness (QED) is 0.355. The number of thiophene rings is 1. The number of benzene rings is 2. The van der Waals surface area contributed by atoms with Crippen LogP contribution in [0.3, 0.4) is 0 Å². The van der Waals surface area contributed by atoms with Crippen molar-refractivity contribution in [2.45, 2.75) is 16.0 Å². The molecule has 2 aromatic heterocycles. The molecule has 0 radical (unpaired) electrons. The van der Waals surface area contributed by atoms with Gasteiger partial charge in [-0.05, 0) is 29.0 Å². The molecule has 0 aliphatic heterocycles. The summed E-state index contributed by atoms with van der Waals surface area (Å²) in [4.78, 5) is 1.38. The van der Waals surface area contributed by atoms with E-state index in [4.69, 9.17) is 0 Å². The van der Waals surface area contributed by atoms with Crippen LogP contribution in [0.2, 0.25) is 0 Å². The Bertz CT molecular complexity index is 898. The van der Waals surface area contributed by atoms with Gasteiger partial charge in [0.15, 0.2) is 4.34 Å². The molecule has 4 aromatic rings. The second kappa shape index (κ2) is 9.17. The van der Waals surface area contributed by atoms with E-state index in [0.717, 1.165) is 22.4 Å². The Morgan fingerprint density at radius 3 is 2.19 bits per heavy atom. The summed E-state index contributed by atoms with van der Waals surface area (Å²) >= 11 is 5.16. The summed E-state index contributed by atoms with van der Waals surface area (Å²) in [5, 5.41) is 15.3. The van der Waals surface area contributed by atoms with E-state index in [1.54, 1.807) is 34.4 Å². The average Bonchev–Trinajstić information content (AvgIpc) is 3.40. The van der Waals surface area contributed by atoms with Gasteiger partial charge < -0.3 is 5.32 Å². The van der Waals surface area contributed by atoms with Gasteiger partial charge in [0.2, 0.25) is 5.13 Å². The molecule has 3 nitrogen and oxygen atoms in total. The first-order valence-electron chi connectivity index (χ1n) is 8.75. The van der Waals surface area contributed by atoms with Crippen molar-refractivity contribution in [3.63, 3.8) is 0 Å². The Balaban J connectivity index is 1.45. The van der Waals surface area contributed by atoms with Crippen LogP contribution >= 0.6 is 34.4 Å². The molecule has 4 rings (SSSR count). The molecule has 1 N–H and O–H groups in total. The number of nitrogens with zero attached hydrogens (tertiary/aromatic N) is 2. The molecule has 6 heteroatoms. The minimum Gasteiger partial charge on any atom is -0.360 e. The number of hydrogen-bond donors (Lipinski definition) is 1. The largest absolute Gasteiger partial charge is 0.360 e. The monoisotopic (exact) mass is 409 g/mol. The highest BCUT2D eigenvalue weighted by Gasteiger charge is 2.18. The van der Waals surface area contributed by atoms with E-state index in [1.807, 2.05) is 0 Å². The van der Waals surface area contributed by atoms with E-state index in [1.165, 1.54) is 16.0 Å². The molecular weight excluding hydrogens is 390 g/mol. The van der Waals surface area contributed by atoms with Crippen molar-refractivity contribution in [2.75, 3.05) is 11.9 Å². The highest BCUT2D eigenvalue weighted by atomic mass is 32.2. The molecule has 0 aliphatic carbocycles. The summed E-state index contributed by atoms with van der Waals surface area (Å²) in [6.45, 7) is 0.876. The standard InChI is InChI=1S/C21H19N3S3/c1-3-8-16(9-4-1)19(17-10-5-2-6-11-17)26-21-24-23-20(27-21)22-14-13-18-12-7-15-25-18/h1-12,15,19H,13-14H2,(H,22,23). The highest BCUT2D eigenvalue weighted by molar-refractivity contribution is 8.01. The minimum atomic E-state index is 0.208. The van der Waals surface area contributed by atoms with Crippen molar-refractivity contribution in [1.82, 2.24) is 10.2 Å². The number of hydrogen-bond acceptors (Lipinski definition) is 6. The third-order valence-corrected chi connectivity index (χ3v) is 7.27. The third kappa shape index (κ3) is 4.97. The topological polar surface area (TPSA) is 37.8 Å². The van der Waals surface area contributed by atoms with Crippen LogP contribution in [-0.2, 0) is 6.42 Å². The Morgan fingerprint density at radius 1 is 0.852 bits per heavy atom. The average molecular weight is 410 g/mol. The van der Waals surface area contributed by atoms with Gasteiger partial charge in [-0.25, -0.2) is 0 Å².